The average molecular weight is 237 g/mol. The number of benzene rings is 1. The van der Waals surface area contributed by atoms with Gasteiger partial charge in [-0.25, -0.2) is 15.0 Å². The van der Waals surface area contributed by atoms with Crippen molar-refractivity contribution in [2.45, 2.75) is 0 Å². The van der Waals surface area contributed by atoms with Crippen LogP contribution >= 0.6 is 0 Å². The van der Waals surface area contributed by atoms with Crippen LogP contribution < -0.4 is 4.74 Å². The molecule has 3 aromatic rings. The monoisotopic (exact) mass is 237 g/mol. The van der Waals surface area contributed by atoms with E-state index in [1.807, 2.05) is 30.3 Å². The highest BCUT2D eigenvalue weighted by atomic mass is 16.5. The first-order valence-electron chi connectivity index (χ1n) is 5.59. The van der Waals surface area contributed by atoms with E-state index in [0.29, 0.717) is 5.88 Å². The number of pyridine rings is 1. The molecule has 0 aliphatic carbocycles. The first-order valence-corrected chi connectivity index (χ1v) is 5.59. The van der Waals surface area contributed by atoms with E-state index in [1.165, 1.54) is 0 Å². The molecule has 3 rings (SSSR count). The van der Waals surface area contributed by atoms with Crippen LogP contribution in [0.1, 0.15) is 0 Å². The summed E-state index contributed by atoms with van der Waals surface area (Å²) >= 11 is 0. The molecule has 0 aliphatic heterocycles. The SMILES string of the molecule is COc1ccc2cc(-c3ncccn3)ccc2n1. The maximum Gasteiger partial charge on any atom is 0.213 e. The van der Waals surface area contributed by atoms with Crippen molar-refractivity contribution in [1.82, 2.24) is 15.0 Å². The average Bonchev–Trinajstić information content (AvgIpc) is 2.47. The molecule has 0 aliphatic rings. The fourth-order valence-electron chi connectivity index (χ4n) is 1.81. The number of rotatable bonds is 2. The second-order valence-electron chi connectivity index (χ2n) is 3.83. The Hall–Kier alpha value is -2.49. The van der Waals surface area contributed by atoms with Gasteiger partial charge in [0, 0.05) is 29.4 Å². The molecule has 0 fully saturated rings. The lowest BCUT2D eigenvalue weighted by atomic mass is 10.1. The number of aromatic nitrogens is 3. The molecule has 0 spiro atoms. The predicted molar refractivity (Wildman–Crippen MR) is 69.3 cm³/mol. The van der Waals surface area contributed by atoms with Gasteiger partial charge in [0.15, 0.2) is 5.82 Å². The Morgan fingerprint density at radius 3 is 2.61 bits per heavy atom. The van der Waals surface area contributed by atoms with Gasteiger partial charge in [-0.2, -0.15) is 0 Å². The Balaban J connectivity index is 2.12. The molecule has 0 amide bonds. The van der Waals surface area contributed by atoms with Crippen molar-refractivity contribution < 1.29 is 4.74 Å². The standard InChI is InChI=1S/C14H11N3O/c1-18-13-6-4-10-9-11(3-5-12(10)17-13)14-15-7-2-8-16-14/h2-9H,1H3. The first kappa shape index (κ1) is 10.7. The van der Waals surface area contributed by atoms with Crippen molar-refractivity contribution >= 4 is 10.9 Å². The number of methoxy groups -OCH3 is 1. The van der Waals surface area contributed by atoms with E-state index in [1.54, 1.807) is 25.6 Å². The lowest BCUT2D eigenvalue weighted by Gasteiger charge is -2.03. The maximum absolute atomic E-state index is 5.10. The van der Waals surface area contributed by atoms with Crippen molar-refractivity contribution in [2.75, 3.05) is 7.11 Å². The van der Waals surface area contributed by atoms with Gasteiger partial charge in [0.2, 0.25) is 5.88 Å². The van der Waals surface area contributed by atoms with Crippen molar-refractivity contribution in [2.24, 2.45) is 0 Å². The zero-order valence-corrected chi connectivity index (χ0v) is 9.87. The third-order valence-corrected chi connectivity index (χ3v) is 2.70. The summed E-state index contributed by atoms with van der Waals surface area (Å²) in [5.41, 5.74) is 1.88. The van der Waals surface area contributed by atoms with Crippen LogP contribution in [-0.4, -0.2) is 22.1 Å². The molecule has 0 saturated heterocycles. The Labute approximate surface area is 104 Å². The van der Waals surface area contributed by atoms with E-state index in [-0.39, 0.29) is 0 Å². The second kappa shape index (κ2) is 4.41. The van der Waals surface area contributed by atoms with Gasteiger partial charge in [0.25, 0.3) is 0 Å². The molecule has 4 heteroatoms. The van der Waals surface area contributed by atoms with Crippen LogP contribution in [0.25, 0.3) is 22.3 Å². The number of hydrogen-bond donors (Lipinski definition) is 0. The Bertz CT molecular complexity index is 683. The number of fused-ring (bicyclic) bond motifs is 1. The number of ether oxygens (including phenoxy) is 1. The van der Waals surface area contributed by atoms with E-state index >= 15 is 0 Å². The minimum atomic E-state index is 0.617. The van der Waals surface area contributed by atoms with Gasteiger partial charge < -0.3 is 4.74 Å². The molecule has 0 N–H and O–H groups in total. The van der Waals surface area contributed by atoms with Crippen LogP contribution in [0.5, 0.6) is 5.88 Å². The highest BCUT2D eigenvalue weighted by Crippen LogP contribution is 2.22. The predicted octanol–water partition coefficient (Wildman–Crippen LogP) is 2.70. The fourth-order valence-corrected chi connectivity index (χ4v) is 1.81. The zero-order valence-electron chi connectivity index (χ0n) is 9.87. The molecular weight excluding hydrogens is 226 g/mol. The zero-order chi connectivity index (χ0) is 12.4. The van der Waals surface area contributed by atoms with Gasteiger partial charge in [-0.15, -0.1) is 0 Å². The molecule has 2 aromatic heterocycles. The molecule has 0 unspecified atom stereocenters. The van der Waals surface area contributed by atoms with Crippen LogP contribution in [0.2, 0.25) is 0 Å². The second-order valence-corrected chi connectivity index (χ2v) is 3.83. The van der Waals surface area contributed by atoms with Crippen molar-refractivity contribution in [3.8, 4) is 17.3 Å². The van der Waals surface area contributed by atoms with Gasteiger partial charge in [-0.05, 0) is 30.3 Å². The summed E-state index contributed by atoms with van der Waals surface area (Å²) in [6, 6.07) is 11.6. The highest BCUT2D eigenvalue weighted by molar-refractivity contribution is 5.83. The molecule has 0 atom stereocenters. The van der Waals surface area contributed by atoms with E-state index in [0.717, 1.165) is 22.3 Å². The largest absolute Gasteiger partial charge is 0.481 e. The quantitative estimate of drug-likeness (QED) is 0.687. The van der Waals surface area contributed by atoms with Crippen LogP contribution in [0, 0.1) is 0 Å². The van der Waals surface area contributed by atoms with Gasteiger partial charge in [0.05, 0.1) is 12.6 Å². The van der Waals surface area contributed by atoms with Crippen molar-refractivity contribution in [1.29, 1.82) is 0 Å². The summed E-state index contributed by atoms with van der Waals surface area (Å²) in [5.74, 6) is 1.33. The van der Waals surface area contributed by atoms with E-state index in [9.17, 15) is 0 Å². The third kappa shape index (κ3) is 1.88. The first-order chi connectivity index (χ1) is 8.86. The van der Waals surface area contributed by atoms with E-state index in [2.05, 4.69) is 15.0 Å². The summed E-state index contributed by atoms with van der Waals surface area (Å²) in [6.07, 6.45) is 3.47. The van der Waals surface area contributed by atoms with Gasteiger partial charge in [0.1, 0.15) is 0 Å². The molecule has 0 bridgehead atoms. The van der Waals surface area contributed by atoms with Gasteiger partial charge in [-0.3, -0.25) is 0 Å². The minimum absolute atomic E-state index is 0.617. The van der Waals surface area contributed by atoms with Crippen LogP contribution in [0.15, 0.2) is 48.8 Å². The molecule has 0 radical (unpaired) electrons. The summed E-state index contributed by atoms with van der Waals surface area (Å²) in [4.78, 5) is 12.8. The normalized spacial score (nSPS) is 10.5. The van der Waals surface area contributed by atoms with Crippen LogP contribution in [0.4, 0.5) is 0 Å². The smallest absolute Gasteiger partial charge is 0.213 e. The number of hydrogen-bond acceptors (Lipinski definition) is 4. The van der Waals surface area contributed by atoms with Crippen molar-refractivity contribution in [3.63, 3.8) is 0 Å². The third-order valence-electron chi connectivity index (χ3n) is 2.70. The van der Waals surface area contributed by atoms with Gasteiger partial charge >= 0.3 is 0 Å². The molecule has 2 heterocycles. The van der Waals surface area contributed by atoms with Crippen LogP contribution in [-0.2, 0) is 0 Å². The maximum atomic E-state index is 5.10. The Morgan fingerprint density at radius 1 is 1.00 bits per heavy atom. The lowest BCUT2D eigenvalue weighted by Crippen LogP contribution is -1.90. The fraction of sp³-hybridized carbons (Fsp3) is 0.0714. The van der Waals surface area contributed by atoms with E-state index < -0.39 is 0 Å². The van der Waals surface area contributed by atoms with Crippen LogP contribution in [0.3, 0.4) is 0 Å². The topological polar surface area (TPSA) is 47.9 Å². The highest BCUT2D eigenvalue weighted by Gasteiger charge is 2.03. The van der Waals surface area contributed by atoms with Crippen molar-refractivity contribution in [3.05, 3.63) is 48.8 Å². The molecule has 4 nitrogen and oxygen atoms in total. The molecule has 1 aromatic carbocycles. The molecular formula is C14H11N3O. The van der Waals surface area contributed by atoms with Gasteiger partial charge in [-0.1, -0.05) is 0 Å². The summed E-state index contributed by atoms with van der Waals surface area (Å²) in [6.45, 7) is 0. The lowest BCUT2D eigenvalue weighted by molar-refractivity contribution is 0.399. The summed E-state index contributed by atoms with van der Waals surface area (Å²) in [7, 11) is 1.61. The summed E-state index contributed by atoms with van der Waals surface area (Å²) in [5, 5.41) is 1.04. The Morgan fingerprint density at radius 2 is 1.83 bits per heavy atom. The number of nitrogens with zero attached hydrogens (tertiary/aromatic N) is 3. The molecule has 18 heavy (non-hydrogen) atoms. The molecule has 0 saturated carbocycles. The minimum Gasteiger partial charge on any atom is -0.481 e. The Kier molecular flexibility index (Phi) is 2.61. The van der Waals surface area contributed by atoms with E-state index in [4.69, 9.17) is 4.74 Å². The summed E-state index contributed by atoms with van der Waals surface area (Å²) < 4.78 is 5.10. The molecule has 88 valence electrons.